The molecule has 1 unspecified atom stereocenters. The molecule has 0 aromatic carbocycles. The van der Waals surface area contributed by atoms with Crippen LogP contribution in [0.25, 0.3) is 0 Å². The van der Waals surface area contributed by atoms with Gasteiger partial charge in [0.15, 0.2) is 0 Å². The van der Waals surface area contributed by atoms with E-state index in [2.05, 4.69) is 4.98 Å². The summed E-state index contributed by atoms with van der Waals surface area (Å²) >= 11 is 0. The highest BCUT2D eigenvalue weighted by Crippen LogP contribution is 2.21. The molecule has 7 heteroatoms. The van der Waals surface area contributed by atoms with Gasteiger partial charge in [-0.2, -0.15) is 0 Å². The van der Waals surface area contributed by atoms with Crippen molar-refractivity contribution in [3.8, 4) is 0 Å². The normalized spacial score (nSPS) is 12.6. The van der Waals surface area contributed by atoms with Gasteiger partial charge in [-0.05, 0) is 4.92 Å². The van der Waals surface area contributed by atoms with Crippen LogP contribution in [0.1, 0.15) is 18.9 Å². The van der Waals surface area contributed by atoms with Crippen molar-refractivity contribution in [3.63, 3.8) is 0 Å². The zero-order valence-corrected chi connectivity index (χ0v) is 9.07. The van der Waals surface area contributed by atoms with Crippen LogP contribution in [-0.2, 0) is 4.74 Å². The fraction of sp³-hybridized carbons (Fsp3) is 0.667. The van der Waals surface area contributed by atoms with Crippen molar-refractivity contribution in [1.82, 2.24) is 9.55 Å². The molecule has 1 atom stereocenters. The number of ether oxygens (including phenoxy) is 1. The van der Waals surface area contributed by atoms with E-state index < -0.39 is 4.92 Å². The Morgan fingerprint density at radius 3 is 3.00 bits per heavy atom. The van der Waals surface area contributed by atoms with Gasteiger partial charge in [0.1, 0.15) is 12.4 Å². The molecule has 1 aromatic rings. The van der Waals surface area contributed by atoms with E-state index in [1.807, 2.05) is 0 Å². The van der Waals surface area contributed by atoms with Crippen LogP contribution >= 0.6 is 0 Å². The van der Waals surface area contributed by atoms with Gasteiger partial charge in [0.05, 0.1) is 6.04 Å². The summed E-state index contributed by atoms with van der Waals surface area (Å²) < 4.78 is 6.40. The Bertz CT molecular complexity index is 339. The standard InChI is InChI=1S/C9H15N3O4/c1-16-7-3-8(2-6-13)11-5-4-10-9(11)12(14)15/h4-5,8,13H,2-3,6-7H2,1H3. The minimum absolute atomic E-state index is 0.0241. The van der Waals surface area contributed by atoms with Gasteiger partial charge >= 0.3 is 5.95 Å². The van der Waals surface area contributed by atoms with Gasteiger partial charge in [0, 0.05) is 33.2 Å². The average Bonchev–Trinajstić information content (AvgIpc) is 2.73. The third-order valence-corrected chi connectivity index (χ3v) is 2.32. The van der Waals surface area contributed by atoms with E-state index in [1.165, 1.54) is 10.8 Å². The van der Waals surface area contributed by atoms with Gasteiger partial charge in [-0.3, -0.25) is 0 Å². The van der Waals surface area contributed by atoms with E-state index in [9.17, 15) is 10.1 Å². The van der Waals surface area contributed by atoms with Crippen molar-refractivity contribution in [2.45, 2.75) is 18.9 Å². The summed E-state index contributed by atoms with van der Waals surface area (Å²) in [7, 11) is 1.57. The van der Waals surface area contributed by atoms with Crippen LogP contribution in [0.15, 0.2) is 12.4 Å². The van der Waals surface area contributed by atoms with Crippen LogP contribution in [0.4, 0.5) is 5.95 Å². The first-order valence-corrected chi connectivity index (χ1v) is 4.97. The Balaban J connectivity index is 2.82. The number of hydrogen-bond donors (Lipinski definition) is 1. The number of rotatable bonds is 7. The van der Waals surface area contributed by atoms with Crippen molar-refractivity contribution in [3.05, 3.63) is 22.5 Å². The number of aliphatic hydroxyl groups is 1. The maximum absolute atomic E-state index is 10.7. The fourth-order valence-corrected chi connectivity index (χ4v) is 1.56. The predicted molar refractivity (Wildman–Crippen MR) is 56.1 cm³/mol. The smallest absolute Gasteiger partial charge is 0.396 e. The van der Waals surface area contributed by atoms with E-state index in [-0.39, 0.29) is 18.6 Å². The van der Waals surface area contributed by atoms with Crippen LogP contribution in [0.5, 0.6) is 0 Å². The zero-order valence-electron chi connectivity index (χ0n) is 9.07. The molecule has 1 rings (SSSR count). The van der Waals surface area contributed by atoms with Crippen LogP contribution in [-0.4, -0.2) is 39.9 Å². The van der Waals surface area contributed by atoms with Crippen molar-refractivity contribution >= 4 is 5.95 Å². The minimum atomic E-state index is -0.531. The van der Waals surface area contributed by atoms with E-state index in [1.54, 1.807) is 13.3 Å². The van der Waals surface area contributed by atoms with Gasteiger partial charge in [0.25, 0.3) is 0 Å². The van der Waals surface area contributed by atoms with Crippen LogP contribution < -0.4 is 0 Å². The van der Waals surface area contributed by atoms with E-state index in [0.29, 0.717) is 19.4 Å². The second-order valence-corrected chi connectivity index (χ2v) is 3.34. The topological polar surface area (TPSA) is 90.4 Å². The molecule has 0 amide bonds. The Kier molecular flexibility index (Phi) is 4.87. The highest BCUT2D eigenvalue weighted by atomic mass is 16.6. The van der Waals surface area contributed by atoms with Gasteiger partial charge < -0.3 is 20.0 Å². The Morgan fingerprint density at radius 2 is 2.44 bits per heavy atom. The Hall–Kier alpha value is -1.47. The molecule has 1 N–H and O–H groups in total. The molecular formula is C9H15N3O4. The third-order valence-electron chi connectivity index (χ3n) is 2.32. The number of hydrogen-bond acceptors (Lipinski definition) is 5. The molecule has 0 saturated heterocycles. The lowest BCUT2D eigenvalue weighted by Crippen LogP contribution is -2.14. The molecule has 0 aliphatic carbocycles. The molecular weight excluding hydrogens is 214 g/mol. The van der Waals surface area contributed by atoms with Crippen molar-refractivity contribution in [2.24, 2.45) is 0 Å². The number of methoxy groups -OCH3 is 1. The van der Waals surface area contributed by atoms with E-state index in [4.69, 9.17) is 9.84 Å². The molecule has 0 aliphatic rings. The molecule has 0 bridgehead atoms. The second-order valence-electron chi connectivity index (χ2n) is 3.34. The summed E-state index contributed by atoms with van der Waals surface area (Å²) in [5.41, 5.74) is 0. The van der Waals surface area contributed by atoms with Crippen molar-refractivity contribution < 1.29 is 14.8 Å². The summed E-state index contributed by atoms with van der Waals surface area (Å²) in [5, 5.41) is 19.6. The largest absolute Gasteiger partial charge is 0.434 e. The Labute approximate surface area is 92.8 Å². The van der Waals surface area contributed by atoms with E-state index in [0.717, 1.165) is 0 Å². The third kappa shape index (κ3) is 3.01. The highest BCUT2D eigenvalue weighted by molar-refractivity contribution is 5.08. The molecule has 1 aromatic heterocycles. The van der Waals surface area contributed by atoms with Crippen molar-refractivity contribution in [1.29, 1.82) is 0 Å². The molecule has 7 nitrogen and oxygen atoms in total. The summed E-state index contributed by atoms with van der Waals surface area (Å²) in [6.07, 6.45) is 3.98. The molecule has 0 aliphatic heterocycles. The van der Waals surface area contributed by atoms with Gasteiger partial charge in [-0.15, -0.1) is 0 Å². The average molecular weight is 229 g/mol. The highest BCUT2D eigenvalue weighted by Gasteiger charge is 2.22. The number of nitrogens with zero attached hydrogens (tertiary/aromatic N) is 3. The van der Waals surface area contributed by atoms with Crippen molar-refractivity contribution in [2.75, 3.05) is 20.3 Å². The van der Waals surface area contributed by atoms with Crippen LogP contribution in [0.3, 0.4) is 0 Å². The summed E-state index contributed by atoms with van der Waals surface area (Å²) in [6, 6.07) is -0.159. The first kappa shape index (κ1) is 12.6. The number of nitro groups is 1. The molecule has 0 radical (unpaired) electrons. The lowest BCUT2D eigenvalue weighted by atomic mass is 10.1. The van der Waals surface area contributed by atoms with Crippen LogP contribution in [0.2, 0.25) is 0 Å². The van der Waals surface area contributed by atoms with Crippen LogP contribution in [0, 0.1) is 10.1 Å². The fourth-order valence-electron chi connectivity index (χ4n) is 1.56. The van der Waals surface area contributed by atoms with E-state index >= 15 is 0 Å². The first-order chi connectivity index (χ1) is 7.70. The molecule has 16 heavy (non-hydrogen) atoms. The van der Waals surface area contributed by atoms with Gasteiger partial charge in [-0.1, -0.05) is 4.98 Å². The maximum Gasteiger partial charge on any atom is 0.434 e. The van der Waals surface area contributed by atoms with Gasteiger partial charge in [-0.25, -0.2) is 4.57 Å². The summed E-state index contributed by atoms with van der Waals surface area (Å²) in [4.78, 5) is 13.8. The molecule has 90 valence electrons. The molecule has 0 fully saturated rings. The quantitative estimate of drug-likeness (QED) is 0.550. The summed E-state index contributed by atoms with van der Waals surface area (Å²) in [6.45, 7) is 0.462. The lowest BCUT2D eigenvalue weighted by Gasteiger charge is -2.14. The molecule has 1 heterocycles. The number of imidazole rings is 1. The number of aliphatic hydroxyl groups excluding tert-OH is 1. The summed E-state index contributed by atoms with van der Waals surface area (Å²) in [5.74, 6) is -0.199. The lowest BCUT2D eigenvalue weighted by molar-refractivity contribution is -0.397. The second kappa shape index (κ2) is 6.19. The minimum Gasteiger partial charge on any atom is -0.396 e. The predicted octanol–water partition coefficient (Wildman–Crippen LogP) is 0.751. The molecule has 0 saturated carbocycles. The first-order valence-electron chi connectivity index (χ1n) is 4.97. The maximum atomic E-state index is 10.7. The van der Waals surface area contributed by atoms with Gasteiger partial charge in [0.2, 0.25) is 0 Å². The Morgan fingerprint density at radius 1 is 1.69 bits per heavy atom. The molecule has 0 spiro atoms. The SMILES string of the molecule is COCCC(CCO)n1ccnc1[N+](=O)[O-]. The monoisotopic (exact) mass is 229 g/mol. The number of aromatic nitrogens is 2. The zero-order chi connectivity index (χ0) is 12.0.